The molecule has 0 aromatic carbocycles. The molecule has 0 saturated carbocycles. The van der Waals surface area contributed by atoms with Crippen molar-refractivity contribution < 1.29 is 49.0 Å². The Morgan fingerprint density at radius 3 is 1.33 bits per heavy atom. The number of aliphatic hydroxyl groups excluding tert-OH is 4. The minimum atomic E-state index is -1.60. The maximum absolute atomic E-state index is 12.8. The maximum Gasteiger partial charge on any atom is 0.306 e. The van der Waals surface area contributed by atoms with Gasteiger partial charge in [-0.3, -0.25) is 9.59 Å². The highest BCUT2D eigenvalue weighted by atomic mass is 16.7. The van der Waals surface area contributed by atoms with Crippen LogP contribution in [-0.2, 0) is 28.5 Å². The van der Waals surface area contributed by atoms with Gasteiger partial charge in [0.05, 0.1) is 13.2 Å². The lowest BCUT2D eigenvalue weighted by Gasteiger charge is -2.39. The van der Waals surface area contributed by atoms with E-state index in [4.69, 9.17) is 18.9 Å². The van der Waals surface area contributed by atoms with Gasteiger partial charge in [0.25, 0.3) is 0 Å². The van der Waals surface area contributed by atoms with E-state index < -0.39 is 49.4 Å². The molecule has 10 nitrogen and oxygen atoms in total. The highest BCUT2D eigenvalue weighted by Crippen LogP contribution is 2.23. The number of carbonyl (C=O) groups is 2. The lowest BCUT2D eigenvalue weighted by molar-refractivity contribution is -0.305. The van der Waals surface area contributed by atoms with E-state index in [1.807, 2.05) is 0 Å². The largest absolute Gasteiger partial charge is 0.462 e. The number of carbonyl (C=O) groups excluding carboxylic acids is 2. The molecule has 1 rings (SSSR count). The van der Waals surface area contributed by atoms with Crippen LogP contribution in [0.4, 0.5) is 0 Å². The summed E-state index contributed by atoms with van der Waals surface area (Å²) in [5, 5.41) is 40.2. The van der Waals surface area contributed by atoms with Crippen molar-refractivity contribution in [1.82, 2.24) is 0 Å². The molecule has 6 unspecified atom stereocenters. The van der Waals surface area contributed by atoms with Gasteiger partial charge in [0.15, 0.2) is 12.4 Å². The van der Waals surface area contributed by atoms with Crippen molar-refractivity contribution in [2.24, 2.45) is 0 Å². The molecule has 1 saturated heterocycles. The number of hydrogen-bond acceptors (Lipinski definition) is 10. The monoisotopic (exact) mass is 895 g/mol. The van der Waals surface area contributed by atoms with Gasteiger partial charge in [-0.05, 0) is 44.9 Å². The van der Waals surface area contributed by atoms with Gasteiger partial charge in [-0.2, -0.15) is 0 Å². The van der Waals surface area contributed by atoms with Crippen LogP contribution in [0.15, 0.2) is 24.3 Å². The van der Waals surface area contributed by atoms with Crippen LogP contribution < -0.4 is 0 Å². The van der Waals surface area contributed by atoms with E-state index in [0.717, 1.165) is 57.8 Å². The third kappa shape index (κ3) is 35.1. The van der Waals surface area contributed by atoms with Gasteiger partial charge in [0.1, 0.15) is 31.0 Å². The number of esters is 2. The number of hydrogen-bond donors (Lipinski definition) is 4. The van der Waals surface area contributed by atoms with Crippen LogP contribution in [0.25, 0.3) is 0 Å². The average Bonchev–Trinajstić information content (AvgIpc) is 3.28. The van der Waals surface area contributed by atoms with Crippen LogP contribution in [0.1, 0.15) is 245 Å². The molecular formula is C53H98O10. The quantitative estimate of drug-likeness (QED) is 0.0264. The molecule has 0 spiro atoms. The molecule has 6 atom stereocenters. The Morgan fingerprint density at radius 2 is 0.889 bits per heavy atom. The van der Waals surface area contributed by atoms with Crippen molar-refractivity contribution in [3.63, 3.8) is 0 Å². The first-order valence-corrected chi connectivity index (χ1v) is 26.4. The summed E-state index contributed by atoms with van der Waals surface area (Å²) in [6, 6.07) is 0. The summed E-state index contributed by atoms with van der Waals surface area (Å²) in [6.07, 6.45) is 43.3. The van der Waals surface area contributed by atoms with Gasteiger partial charge in [0.2, 0.25) is 0 Å². The molecule has 0 bridgehead atoms. The molecule has 1 aliphatic heterocycles. The first-order chi connectivity index (χ1) is 30.8. The molecule has 0 radical (unpaired) electrons. The molecule has 63 heavy (non-hydrogen) atoms. The standard InChI is InChI=1S/C53H98O10/c1-3-5-7-9-11-13-15-17-19-21-22-23-24-25-26-28-29-31-33-35-37-39-41-48(55)60-44-46(45-61-53-52(59)51(58)50(57)47(43-54)63-53)62-49(56)42-40-38-36-34-32-30-27-20-18-16-14-12-10-8-6-4-2/h14,16,20,27,46-47,50-54,57-59H,3-13,15,17-19,21-26,28-45H2,1-2H3/b16-14-,27-20-. The summed E-state index contributed by atoms with van der Waals surface area (Å²) in [6.45, 7) is 3.43. The summed E-state index contributed by atoms with van der Waals surface area (Å²) >= 11 is 0. The van der Waals surface area contributed by atoms with Crippen molar-refractivity contribution in [2.45, 2.75) is 282 Å². The molecule has 370 valence electrons. The fourth-order valence-corrected chi connectivity index (χ4v) is 8.16. The zero-order valence-electron chi connectivity index (χ0n) is 40.6. The fraction of sp³-hybridized carbons (Fsp3) is 0.887. The summed E-state index contributed by atoms with van der Waals surface area (Å²) in [5.74, 6) is -0.810. The summed E-state index contributed by atoms with van der Waals surface area (Å²) in [5.41, 5.74) is 0. The van der Waals surface area contributed by atoms with Gasteiger partial charge >= 0.3 is 11.9 Å². The lowest BCUT2D eigenvalue weighted by Crippen LogP contribution is -2.59. The SMILES string of the molecule is CCCCCC/C=C\C/C=C\CCCCCCCC(=O)OC(COC(=O)CCCCCCCCCCCCCCCCCCCCCCCC)COC1OC(CO)C(O)C(O)C1O. The Hall–Kier alpha value is -1.82. The van der Waals surface area contributed by atoms with E-state index in [1.54, 1.807) is 0 Å². The predicted molar refractivity (Wildman–Crippen MR) is 256 cm³/mol. The number of unbranched alkanes of at least 4 members (excludes halogenated alkanes) is 30. The van der Waals surface area contributed by atoms with Gasteiger partial charge in [-0.25, -0.2) is 0 Å². The molecule has 0 aliphatic carbocycles. The maximum atomic E-state index is 12.8. The fourth-order valence-electron chi connectivity index (χ4n) is 8.16. The first kappa shape index (κ1) is 59.2. The summed E-state index contributed by atoms with van der Waals surface area (Å²) < 4.78 is 22.2. The number of ether oxygens (including phenoxy) is 4. The highest BCUT2D eigenvalue weighted by molar-refractivity contribution is 5.70. The Labute approximate surface area is 385 Å². The van der Waals surface area contributed by atoms with Gasteiger partial charge in [-0.15, -0.1) is 0 Å². The Bertz CT molecular complexity index is 1080. The van der Waals surface area contributed by atoms with Crippen LogP contribution in [0.5, 0.6) is 0 Å². The van der Waals surface area contributed by atoms with Crippen LogP contribution in [0, 0.1) is 0 Å². The predicted octanol–water partition coefficient (Wildman–Crippen LogP) is 12.5. The molecule has 1 aliphatic rings. The van der Waals surface area contributed by atoms with Crippen molar-refractivity contribution in [3.8, 4) is 0 Å². The average molecular weight is 895 g/mol. The van der Waals surface area contributed by atoms with E-state index >= 15 is 0 Å². The van der Waals surface area contributed by atoms with E-state index in [2.05, 4.69) is 38.2 Å². The smallest absolute Gasteiger partial charge is 0.306 e. The van der Waals surface area contributed by atoms with Gasteiger partial charge < -0.3 is 39.4 Å². The highest BCUT2D eigenvalue weighted by Gasteiger charge is 2.44. The molecule has 0 aromatic heterocycles. The number of aliphatic hydroxyl groups is 4. The molecule has 1 fully saturated rings. The van der Waals surface area contributed by atoms with Crippen LogP contribution in [0.3, 0.4) is 0 Å². The van der Waals surface area contributed by atoms with Crippen LogP contribution >= 0.6 is 0 Å². The van der Waals surface area contributed by atoms with Crippen molar-refractivity contribution in [2.75, 3.05) is 19.8 Å². The minimum Gasteiger partial charge on any atom is -0.462 e. The lowest BCUT2D eigenvalue weighted by atomic mass is 9.99. The van der Waals surface area contributed by atoms with E-state index in [0.29, 0.717) is 6.42 Å². The van der Waals surface area contributed by atoms with Crippen molar-refractivity contribution >= 4 is 11.9 Å². The normalized spacial score (nSPS) is 19.6. The molecular weight excluding hydrogens is 797 g/mol. The molecule has 0 aromatic rings. The zero-order chi connectivity index (χ0) is 45.9. The Balaban J connectivity index is 2.23. The zero-order valence-corrected chi connectivity index (χ0v) is 40.6. The Morgan fingerprint density at radius 1 is 0.492 bits per heavy atom. The third-order valence-corrected chi connectivity index (χ3v) is 12.3. The number of allylic oxidation sites excluding steroid dienone is 4. The van der Waals surface area contributed by atoms with E-state index in [1.165, 1.54) is 154 Å². The van der Waals surface area contributed by atoms with Crippen molar-refractivity contribution in [3.05, 3.63) is 24.3 Å². The summed E-state index contributed by atoms with van der Waals surface area (Å²) in [7, 11) is 0. The second-order valence-corrected chi connectivity index (χ2v) is 18.3. The minimum absolute atomic E-state index is 0.217. The van der Waals surface area contributed by atoms with Crippen molar-refractivity contribution in [1.29, 1.82) is 0 Å². The third-order valence-electron chi connectivity index (χ3n) is 12.3. The molecule has 1 heterocycles. The first-order valence-electron chi connectivity index (χ1n) is 26.4. The molecule has 0 amide bonds. The Kier molecular flexibility index (Phi) is 41.4. The topological polar surface area (TPSA) is 152 Å². The number of rotatable bonds is 45. The molecule has 10 heteroatoms. The second kappa shape index (κ2) is 44.0. The molecule has 4 N–H and O–H groups in total. The van der Waals surface area contributed by atoms with Gasteiger partial charge in [-0.1, -0.05) is 212 Å². The summed E-state index contributed by atoms with van der Waals surface area (Å²) in [4.78, 5) is 25.4. The van der Waals surface area contributed by atoms with E-state index in [9.17, 15) is 30.0 Å². The van der Waals surface area contributed by atoms with Crippen LogP contribution in [-0.4, -0.2) is 89.0 Å². The van der Waals surface area contributed by atoms with Crippen LogP contribution in [0.2, 0.25) is 0 Å². The second-order valence-electron chi connectivity index (χ2n) is 18.3. The van der Waals surface area contributed by atoms with E-state index in [-0.39, 0.29) is 32.0 Å². The van der Waals surface area contributed by atoms with Gasteiger partial charge in [0, 0.05) is 12.8 Å².